The zero-order valence-corrected chi connectivity index (χ0v) is 18.0. The van der Waals surface area contributed by atoms with Gasteiger partial charge in [-0.3, -0.25) is 0 Å². The largest absolute Gasteiger partial charge is 0.207 e. The molecule has 0 heterocycles. The molecule has 0 aromatic heterocycles. The highest BCUT2D eigenvalue weighted by Gasteiger charge is 2.10. The van der Waals surface area contributed by atoms with Crippen molar-refractivity contribution >= 4 is 21.5 Å². The zero-order valence-electron chi connectivity index (χ0n) is 18.0. The number of halogens is 1. The van der Waals surface area contributed by atoms with E-state index in [4.69, 9.17) is 0 Å². The van der Waals surface area contributed by atoms with Gasteiger partial charge in [0.15, 0.2) is 0 Å². The topological polar surface area (TPSA) is 0 Å². The molecule has 0 radical (unpaired) electrons. The molecule has 6 rings (SSSR count). The van der Waals surface area contributed by atoms with Crippen LogP contribution in [0.15, 0.2) is 127 Å². The van der Waals surface area contributed by atoms with E-state index in [0.29, 0.717) is 0 Å². The number of hydrogen-bond acceptors (Lipinski definition) is 0. The molecule has 0 atom stereocenters. The smallest absolute Gasteiger partial charge is 0.123 e. The molecule has 0 unspecified atom stereocenters. The van der Waals surface area contributed by atoms with Gasteiger partial charge in [-0.15, -0.1) is 0 Å². The summed E-state index contributed by atoms with van der Waals surface area (Å²) < 4.78 is 13.4. The van der Waals surface area contributed by atoms with Crippen molar-refractivity contribution in [1.82, 2.24) is 0 Å². The first-order valence-corrected chi connectivity index (χ1v) is 11.1. The van der Waals surface area contributed by atoms with E-state index in [-0.39, 0.29) is 5.82 Å². The van der Waals surface area contributed by atoms with Crippen molar-refractivity contribution in [1.29, 1.82) is 0 Å². The lowest BCUT2D eigenvalue weighted by Crippen LogP contribution is -1.87. The van der Waals surface area contributed by atoms with Gasteiger partial charge in [-0.1, -0.05) is 109 Å². The van der Waals surface area contributed by atoms with E-state index in [0.717, 1.165) is 11.1 Å². The van der Waals surface area contributed by atoms with Crippen molar-refractivity contribution in [2.45, 2.75) is 0 Å². The highest BCUT2D eigenvalue weighted by molar-refractivity contribution is 6.05. The van der Waals surface area contributed by atoms with Crippen LogP contribution in [0.4, 0.5) is 4.39 Å². The second kappa shape index (κ2) is 8.03. The van der Waals surface area contributed by atoms with Gasteiger partial charge in [-0.25, -0.2) is 4.39 Å². The fourth-order valence-electron chi connectivity index (χ4n) is 4.64. The lowest BCUT2D eigenvalue weighted by Gasteiger charge is -2.13. The second-order valence-electron chi connectivity index (χ2n) is 8.35. The summed E-state index contributed by atoms with van der Waals surface area (Å²) in [6, 6.07) is 43.3. The van der Waals surface area contributed by atoms with Crippen LogP contribution in [0.1, 0.15) is 0 Å². The summed E-state index contributed by atoms with van der Waals surface area (Å²) in [5, 5.41) is 4.87. The van der Waals surface area contributed by atoms with Gasteiger partial charge in [0, 0.05) is 0 Å². The van der Waals surface area contributed by atoms with Crippen LogP contribution in [0, 0.1) is 5.82 Å². The first kappa shape index (κ1) is 19.5. The van der Waals surface area contributed by atoms with E-state index < -0.39 is 0 Å². The van der Waals surface area contributed by atoms with Crippen molar-refractivity contribution in [3.05, 3.63) is 133 Å². The predicted octanol–water partition coefficient (Wildman–Crippen LogP) is 9.13. The maximum Gasteiger partial charge on any atom is 0.123 e. The molecule has 0 amide bonds. The molecular weight excluding hydrogens is 403 g/mol. The summed E-state index contributed by atoms with van der Waals surface area (Å²) >= 11 is 0. The Morgan fingerprint density at radius 1 is 0.364 bits per heavy atom. The van der Waals surface area contributed by atoms with Crippen LogP contribution in [0.5, 0.6) is 0 Å². The molecule has 156 valence electrons. The molecule has 0 aliphatic heterocycles. The molecule has 0 fully saturated rings. The Bertz CT molecular complexity index is 1590. The first-order valence-electron chi connectivity index (χ1n) is 11.1. The van der Waals surface area contributed by atoms with Gasteiger partial charge in [0.2, 0.25) is 0 Å². The van der Waals surface area contributed by atoms with E-state index in [1.54, 1.807) is 0 Å². The third kappa shape index (κ3) is 3.58. The highest BCUT2D eigenvalue weighted by Crippen LogP contribution is 2.36. The Morgan fingerprint density at radius 2 is 0.848 bits per heavy atom. The summed E-state index contributed by atoms with van der Waals surface area (Å²) in [6.07, 6.45) is 0. The molecule has 0 saturated heterocycles. The molecule has 0 aliphatic carbocycles. The molecule has 0 aliphatic rings. The van der Waals surface area contributed by atoms with E-state index in [2.05, 4.69) is 103 Å². The van der Waals surface area contributed by atoms with Gasteiger partial charge >= 0.3 is 0 Å². The number of hydrogen-bond donors (Lipinski definition) is 0. The average molecular weight is 425 g/mol. The Morgan fingerprint density at radius 3 is 1.48 bits per heavy atom. The Balaban J connectivity index is 1.42. The van der Waals surface area contributed by atoms with Crippen LogP contribution in [-0.2, 0) is 0 Å². The highest BCUT2D eigenvalue weighted by atomic mass is 19.1. The van der Waals surface area contributed by atoms with Crippen LogP contribution < -0.4 is 0 Å². The number of rotatable bonds is 3. The predicted molar refractivity (Wildman–Crippen MR) is 138 cm³/mol. The maximum absolute atomic E-state index is 13.4. The molecule has 33 heavy (non-hydrogen) atoms. The van der Waals surface area contributed by atoms with Gasteiger partial charge in [-0.05, 0) is 73.1 Å². The molecule has 1 heteroatoms. The van der Waals surface area contributed by atoms with Crippen molar-refractivity contribution in [2.24, 2.45) is 0 Å². The number of fused-ring (bicyclic) bond motifs is 2. The van der Waals surface area contributed by atoms with E-state index in [1.807, 2.05) is 12.1 Å². The van der Waals surface area contributed by atoms with Gasteiger partial charge in [-0.2, -0.15) is 0 Å². The standard InChI is InChI=1S/C32H21F/c33-28-17-15-25(16-18-28)30-20-19-29(31-7-3-4-8-32(30)31)24-12-9-23(10-13-24)27-14-11-22-5-1-2-6-26(22)21-27/h1-21H. The van der Waals surface area contributed by atoms with E-state index in [1.165, 1.54) is 55.9 Å². The van der Waals surface area contributed by atoms with Crippen LogP contribution in [0.25, 0.3) is 54.9 Å². The molecule has 0 bridgehead atoms. The lowest BCUT2D eigenvalue weighted by atomic mass is 9.91. The van der Waals surface area contributed by atoms with Crippen LogP contribution in [0.2, 0.25) is 0 Å². The molecular formula is C32H21F. The van der Waals surface area contributed by atoms with Crippen molar-refractivity contribution in [3.63, 3.8) is 0 Å². The van der Waals surface area contributed by atoms with Gasteiger partial charge in [0.1, 0.15) is 5.82 Å². The number of benzene rings is 6. The summed E-state index contributed by atoms with van der Waals surface area (Å²) in [6.45, 7) is 0. The van der Waals surface area contributed by atoms with Gasteiger partial charge in [0.25, 0.3) is 0 Å². The maximum atomic E-state index is 13.4. The van der Waals surface area contributed by atoms with Crippen LogP contribution in [0.3, 0.4) is 0 Å². The quantitative estimate of drug-likeness (QED) is 0.266. The van der Waals surface area contributed by atoms with Crippen LogP contribution >= 0.6 is 0 Å². The minimum Gasteiger partial charge on any atom is -0.207 e. The molecule has 0 nitrogen and oxygen atoms in total. The molecule has 6 aromatic rings. The average Bonchev–Trinajstić information content (AvgIpc) is 2.88. The summed E-state index contributed by atoms with van der Waals surface area (Å²) in [5.41, 5.74) is 6.93. The Kier molecular flexibility index (Phi) is 4.74. The first-order chi connectivity index (χ1) is 16.3. The molecule has 6 aromatic carbocycles. The van der Waals surface area contributed by atoms with Crippen molar-refractivity contribution in [3.8, 4) is 33.4 Å². The van der Waals surface area contributed by atoms with Gasteiger partial charge < -0.3 is 0 Å². The SMILES string of the molecule is Fc1ccc(-c2ccc(-c3ccc(-c4ccc5ccccc5c4)cc3)c3ccccc23)cc1. The van der Waals surface area contributed by atoms with Gasteiger partial charge in [0.05, 0.1) is 0 Å². The monoisotopic (exact) mass is 424 g/mol. The summed E-state index contributed by atoms with van der Waals surface area (Å²) in [4.78, 5) is 0. The third-order valence-electron chi connectivity index (χ3n) is 6.36. The van der Waals surface area contributed by atoms with Crippen LogP contribution in [-0.4, -0.2) is 0 Å². The fraction of sp³-hybridized carbons (Fsp3) is 0. The normalized spacial score (nSPS) is 11.2. The van der Waals surface area contributed by atoms with E-state index >= 15 is 0 Å². The Labute approximate surface area is 192 Å². The minimum absolute atomic E-state index is 0.217. The van der Waals surface area contributed by atoms with Crippen molar-refractivity contribution in [2.75, 3.05) is 0 Å². The lowest BCUT2D eigenvalue weighted by molar-refractivity contribution is 0.628. The van der Waals surface area contributed by atoms with Crippen molar-refractivity contribution < 1.29 is 4.39 Å². The summed E-state index contributed by atoms with van der Waals surface area (Å²) in [5.74, 6) is -0.217. The molecule has 0 spiro atoms. The Hall–Kier alpha value is -4.23. The third-order valence-corrected chi connectivity index (χ3v) is 6.36. The fourth-order valence-corrected chi connectivity index (χ4v) is 4.64. The summed E-state index contributed by atoms with van der Waals surface area (Å²) in [7, 11) is 0. The second-order valence-corrected chi connectivity index (χ2v) is 8.35. The minimum atomic E-state index is -0.217. The molecule has 0 N–H and O–H groups in total. The molecule has 0 saturated carbocycles. The zero-order chi connectivity index (χ0) is 22.2. The van der Waals surface area contributed by atoms with E-state index in [9.17, 15) is 4.39 Å².